The molecule has 1 aromatic rings. The summed E-state index contributed by atoms with van der Waals surface area (Å²) in [6, 6.07) is 10.5. The first-order chi connectivity index (χ1) is 9.20. The molecule has 0 aliphatic carbocycles. The van der Waals surface area contributed by atoms with Crippen molar-refractivity contribution >= 4 is 12.2 Å². The topological polar surface area (TPSA) is 35.9 Å². The van der Waals surface area contributed by atoms with Crippen molar-refractivity contribution in [2.75, 3.05) is 26.2 Å². The summed E-state index contributed by atoms with van der Waals surface area (Å²) in [6.45, 7) is 7.41. The van der Waals surface area contributed by atoms with Gasteiger partial charge in [-0.1, -0.05) is 30.3 Å². The second-order valence-corrected chi connectivity index (χ2v) is 5.04. The Balaban J connectivity index is 2.18. The molecule has 1 fully saturated rings. The number of amidine groups is 1. The Labute approximate surface area is 114 Å². The molecule has 19 heavy (non-hydrogen) atoms. The van der Waals surface area contributed by atoms with E-state index in [0.29, 0.717) is 0 Å². The van der Waals surface area contributed by atoms with Crippen LogP contribution in [0.3, 0.4) is 0 Å². The van der Waals surface area contributed by atoms with E-state index in [1.165, 1.54) is 0 Å². The number of amides is 1. The first kappa shape index (κ1) is 13.6. The zero-order valence-electron chi connectivity index (χ0n) is 11.6. The summed E-state index contributed by atoms with van der Waals surface area (Å²) >= 11 is 0. The highest BCUT2D eigenvalue weighted by Gasteiger charge is 2.19. The molecule has 0 unspecified atom stereocenters. The quantitative estimate of drug-likeness (QED) is 0.470. The van der Waals surface area contributed by atoms with E-state index in [0.717, 1.165) is 44.0 Å². The Bertz CT molecular complexity index is 434. The van der Waals surface area contributed by atoms with Crippen LogP contribution in [0.5, 0.6) is 0 Å². The number of carbonyl (C=O) groups is 1. The van der Waals surface area contributed by atoms with Crippen molar-refractivity contribution in [1.82, 2.24) is 9.80 Å². The second kappa shape index (κ2) is 6.36. The maximum atomic E-state index is 10.8. The van der Waals surface area contributed by atoms with E-state index < -0.39 is 0 Å². The molecule has 4 nitrogen and oxygen atoms in total. The van der Waals surface area contributed by atoms with Crippen molar-refractivity contribution in [3.05, 3.63) is 35.9 Å². The average molecular weight is 259 g/mol. The van der Waals surface area contributed by atoms with Crippen molar-refractivity contribution in [3.63, 3.8) is 0 Å². The molecule has 0 N–H and O–H groups in total. The molecular weight excluding hydrogens is 238 g/mol. The summed E-state index contributed by atoms with van der Waals surface area (Å²) < 4.78 is 0. The fourth-order valence-electron chi connectivity index (χ4n) is 2.21. The molecular formula is C15H21N3O. The van der Waals surface area contributed by atoms with Gasteiger partial charge in [-0.05, 0) is 13.8 Å². The maximum absolute atomic E-state index is 10.8. The van der Waals surface area contributed by atoms with Crippen LogP contribution in [-0.4, -0.2) is 54.3 Å². The summed E-state index contributed by atoms with van der Waals surface area (Å²) in [5, 5.41) is 0. The molecule has 102 valence electrons. The van der Waals surface area contributed by atoms with Gasteiger partial charge in [-0.2, -0.15) is 0 Å². The van der Waals surface area contributed by atoms with E-state index in [4.69, 9.17) is 4.99 Å². The first-order valence-electron chi connectivity index (χ1n) is 6.78. The van der Waals surface area contributed by atoms with Crippen molar-refractivity contribution in [2.45, 2.75) is 19.9 Å². The van der Waals surface area contributed by atoms with E-state index in [1.807, 2.05) is 23.1 Å². The van der Waals surface area contributed by atoms with Crippen molar-refractivity contribution in [3.8, 4) is 0 Å². The van der Waals surface area contributed by atoms with Gasteiger partial charge in [0.1, 0.15) is 5.84 Å². The van der Waals surface area contributed by atoms with E-state index in [9.17, 15) is 4.79 Å². The van der Waals surface area contributed by atoms with Gasteiger partial charge >= 0.3 is 0 Å². The Morgan fingerprint density at radius 1 is 1.16 bits per heavy atom. The SMILES string of the molecule is CC(C)N=C(c1ccccc1)N1CCN(C=O)CC1. The molecule has 1 saturated heterocycles. The average Bonchev–Trinajstić information content (AvgIpc) is 2.46. The van der Waals surface area contributed by atoms with E-state index >= 15 is 0 Å². The van der Waals surface area contributed by atoms with Crippen LogP contribution in [0.2, 0.25) is 0 Å². The molecule has 0 atom stereocenters. The summed E-state index contributed by atoms with van der Waals surface area (Å²) in [5.74, 6) is 1.04. The van der Waals surface area contributed by atoms with Crippen LogP contribution in [0.15, 0.2) is 35.3 Å². The predicted octanol–water partition coefficient (Wildman–Crippen LogP) is 1.62. The Morgan fingerprint density at radius 2 is 1.79 bits per heavy atom. The summed E-state index contributed by atoms with van der Waals surface area (Å²) in [4.78, 5) is 19.6. The molecule has 4 heteroatoms. The van der Waals surface area contributed by atoms with Crippen LogP contribution in [0.25, 0.3) is 0 Å². The van der Waals surface area contributed by atoms with Crippen LogP contribution in [0, 0.1) is 0 Å². The highest BCUT2D eigenvalue weighted by Crippen LogP contribution is 2.10. The third kappa shape index (κ3) is 3.56. The highest BCUT2D eigenvalue weighted by molar-refractivity contribution is 5.99. The number of aliphatic imine (C=N–C) groups is 1. The van der Waals surface area contributed by atoms with Gasteiger partial charge in [0.15, 0.2) is 0 Å². The number of nitrogens with zero attached hydrogens (tertiary/aromatic N) is 3. The number of carbonyl (C=O) groups excluding carboxylic acids is 1. The molecule has 0 bridgehead atoms. The van der Waals surface area contributed by atoms with Gasteiger partial charge in [0, 0.05) is 37.8 Å². The molecule has 0 spiro atoms. The molecule has 2 rings (SSSR count). The minimum absolute atomic E-state index is 0.263. The van der Waals surface area contributed by atoms with Crippen LogP contribution in [0.1, 0.15) is 19.4 Å². The van der Waals surface area contributed by atoms with Crippen molar-refractivity contribution in [1.29, 1.82) is 0 Å². The number of hydrogen-bond acceptors (Lipinski definition) is 2. The van der Waals surface area contributed by atoms with Crippen LogP contribution in [0.4, 0.5) is 0 Å². The van der Waals surface area contributed by atoms with E-state index in [1.54, 1.807) is 0 Å². The third-order valence-electron chi connectivity index (χ3n) is 3.18. The maximum Gasteiger partial charge on any atom is 0.209 e. The lowest BCUT2D eigenvalue weighted by molar-refractivity contribution is -0.119. The smallest absolute Gasteiger partial charge is 0.209 e. The molecule has 0 aromatic heterocycles. The van der Waals surface area contributed by atoms with Gasteiger partial charge in [0.2, 0.25) is 6.41 Å². The molecule has 1 aromatic carbocycles. The van der Waals surface area contributed by atoms with Gasteiger partial charge < -0.3 is 9.80 Å². The summed E-state index contributed by atoms with van der Waals surface area (Å²) in [6.07, 6.45) is 0.930. The Morgan fingerprint density at radius 3 is 2.32 bits per heavy atom. The molecule has 1 aliphatic heterocycles. The summed E-state index contributed by atoms with van der Waals surface area (Å²) in [5.41, 5.74) is 1.15. The van der Waals surface area contributed by atoms with E-state index in [-0.39, 0.29) is 6.04 Å². The predicted molar refractivity (Wildman–Crippen MR) is 77.3 cm³/mol. The van der Waals surface area contributed by atoms with Crippen molar-refractivity contribution < 1.29 is 4.79 Å². The second-order valence-electron chi connectivity index (χ2n) is 5.04. The van der Waals surface area contributed by atoms with Gasteiger partial charge in [-0.3, -0.25) is 9.79 Å². The fourth-order valence-corrected chi connectivity index (χ4v) is 2.21. The van der Waals surface area contributed by atoms with Gasteiger partial charge in [0.05, 0.1) is 0 Å². The Kier molecular flexibility index (Phi) is 4.55. The lowest BCUT2D eigenvalue weighted by atomic mass is 10.1. The van der Waals surface area contributed by atoms with Gasteiger partial charge in [-0.15, -0.1) is 0 Å². The number of rotatable bonds is 3. The van der Waals surface area contributed by atoms with Gasteiger partial charge in [0.25, 0.3) is 0 Å². The standard InChI is InChI=1S/C15H21N3O/c1-13(2)16-15(14-6-4-3-5-7-14)18-10-8-17(12-19)9-11-18/h3-7,12-13H,8-11H2,1-2H3. The number of hydrogen-bond donors (Lipinski definition) is 0. The molecule has 0 radical (unpaired) electrons. The Hall–Kier alpha value is -1.84. The molecule has 1 heterocycles. The lowest BCUT2D eigenvalue weighted by Gasteiger charge is -2.35. The zero-order valence-corrected chi connectivity index (χ0v) is 11.6. The fraction of sp³-hybridized carbons (Fsp3) is 0.467. The van der Waals surface area contributed by atoms with Crippen LogP contribution >= 0.6 is 0 Å². The summed E-state index contributed by atoms with van der Waals surface area (Å²) in [7, 11) is 0. The normalized spacial score (nSPS) is 16.9. The third-order valence-corrected chi connectivity index (χ3v) is 3.18. The number of piperazine rings is 1. The minimum atomic E-state index is 0.263. The first-order valence-corrected chi connectivity index (χ1v) is 6.78. The lowest BCUT2D eigenvalue weighted by Crippen LogP contribution is -2.48. The van der Waals surface area contributed by atoms with Crippen molar-refractivity contribution in [2.24, 2.45) is 4.99 Å². The van der Waals surface area contributed by atoms with Crippen LogP contribution < -0.4 is 0 Å². The molecule has 1 amide bonds. The monoisotopic (exact) mass is 259 g/mol. The zero-order chi connectivity index (χ0) is 13.7. The van der Waals surface area contributed by atoms with Crippen LogP contribution in [-0.2, 0) is 4.79 Å². The van der Waals surface area contributed by atoms with Gasteiger partial charge in [-0.25, -0.2) is 0 Å². The molecule has 0 saturated carbocycles. The highest BCUT2D eigenvalue weighted by atomic mass is 16.1. The van der Waals surface area contributed by atoms with E-state index in [2.05, 4.69) is 30.9 Å². The largest absolute Gasteiger partial charge is 0.353 e. The minimum Gasteiger partial charge on any atom is -0.353 e. The molecule has 1 aliphatic rings. The number of benzene rings is 1.